The number of alkyl halides is 1. The van der Waals surface area contributed by atoms with Crippen LogP contribution in [0, 0.1) is 0 Å². The Kier molecular flexibility index (Phi) is 6.48. The first-order valence-corrected chi connectivity index (χ1v) is 3.59. The van der Waals surface area contributed by atoms with Crippen LogP contribution in [-0.4, -0.2) is 44.6 Å². The molecule has 0 rings (SSSR count). The van der Waals surface area contributed by atoms with Crippen molar-refractivity contribution in [2.24, 2.45) is 0 Å². The van der Waals surface area contributed by atoms with Gasteiger partial charge < -0.3 is 9.64 Å². The zero-order valence-corrected chi connectivity index (χ0v) is 6.82. The van der Waals surface area contributed by atoms with Crippen molar-refractivity contribution in [3.63, 3.8) is 0 Å². The Bertz CT molecular complexity index is 59.0. The first kappa shape index (κ1) is 9.21. The van der Waals surface area contributed by atoms with E-state index in [1.807, 2.05) is 14.1 Å². The Morgan fingerprint density at radius 2 is 2.00 bits per heavy atom. The molecule has 0 bridgehead atoms. The topological polar surface area (TPSA) is 12.5 Å². The molecular weight excluding hydrogens is 138 g/mol. The van der Waals surface area contributed by atoms with E-state index in [9.17, 15) is 0 Å². The molecule has 0 amide bonds. The fourth-order valence-corrected chi connectivity index (χ4v) is 0.513. The minimum atomic E-state index is 0.591. The SMILES string of the molecule is CN(C)CCOCCCl. The van der Waals surface area contributed by atoms with Gasteiger partial charge in [0.1, 0.15) is 0 Å². The highest BCUT2D eigenvalue weighted by molar-refractivity contribution is 6.17. The summed E-state index contributed by atoms with van der Waals surface area (Å²) in [5.41, 5.74) is 0. The van der Waals surface area contributed by atoms with Crippen LogP contribution >= 0.6 is 11.6 Å². The largest absolute Gasteiger partial charge is 0.379 e. The van der Waals surface area contributed by atoms with Crippen molar-refractivity contribution in [1.82, 2.24) is 4.90 Å². The van der Waals surface area contributed by atoms with Crippen LogP contribution in [0.25, 0.3) is 0 Å². The van der Waals surface area contributed by atoms with E-state index >= 15 is 0 Å². The maximum absolute atomic E-state index is 5.38. The second-order valence-electron chi connectivity index (χ2n) is 2.10. The molecule has 0 heterocycles. The Hall–Kier alpha value is 0.210. The average molecular weight is 152 g/mol. The molecule has 2 nitrogen and oxygen atoms in total. The molecule has 0 aromatic rings. The van der Waals surface area contributed by atoms with Crippen LogP contribution in [0.1, 0.15) is 0 Å². The van der Waals surface area contributed by atoms with Gasteiger partial charge in [0.05, 0.1) is 13.2 Å². The molecule has 0 aliphatic heterocycles. The predicted molar refractivity (Wildman–Crippen MR) is 40.1 cm³/mol. The zero-order valence-electron chi connectivity index (χ0n) is 6.06. The summed E-state index contributed by atoms with van der Waals surface area (Å²) in [4.78, 5) is 2.08. The molecule has 0 aliphatic carbocycles. The lowest BCUT2D eigenvalue weighted by Gasteiger charge is -2.08. The van der Waals surface area contributed by atoms with Gasteiger partial charge in [-0.15, -0.1) is 11.6 Å². The van der Waals surface area contributed by atoms with Crippen LogP contribution in [0.4, 0.5) is 0 Å². The number of nitrogens with zero attached hydrogens (tertiary/aromatic N) is 1. The second kappa shape index (κ2) is 6.33. The molecule has 3 heteroatoms. The highest BCUT2D eigenvalue weighted by atomic mass is 35.5. The number of halogens is 1. The van der Waals surface area contributed by atoms with Crippen molar-refractivity contribution in [1.29, 1.82) is 0 Å². The van der Waals surface area contributed by atoms with Gasteiger partial charge in [0, 0.05) is 12.4 Å². The molecule has 9 heavy (non-hydrogen) atoms. The molecule has 0 atom stereocenters. The van der Waals surface area contributed by atoms with Crippen molar-refractivity contribution in [3.05, 3.63) is 0 Å². The van der Waals surface area contributed by atoms with Crippen molar-refractivity contribution in [3.8, 4) is 0 Å². The summed E-state index contributed by atoms with van der Waals surface area (Å²) in [7, 11) is 4.04. The van der Waals surface area contributed by atoms with E-state index in [0.717, 1.165) is 13.2 Å². The van der Waals surface area contributed by atoms with E-state index in [2.05, 4.69) is 4.90 Å². The van der Waals surface area contributed by atoms with Gasteiger partial charge in [0.2, 0.25) is 0 Å². The van der Waals surface area contributed by atoms with Gasteiger partial charge in [-0.2, -0.15) is 0 Å². The summed E-state index contributed by atoms with van der Waals surface area (Å²) in [5, 5.41) is 0. The lowest BCUT2D eigenvalue weighted by atomic mass is 10.6. The second-order valence-corrected chi connectivity index (χ2v) is 2.48. The summed E-state index contributed by atoms with van der Waals surface area (Å²) < 4.78 is 5.12. The van der Waals surface area contributed by atoms with Gasteiger partial charge in [-0.25, -0.2) is 0 Å². The molecule has 0 spiro atoms. The first-order chi connectivity index (χ1) is 4.27. The van der Waals surface area contributed by atoms with Gasteiger partial charge in [0.25, 0.3) is 0 Å². The van der Waals surface area contributed by atoms with Gasteiger partial charge in [0.15, 0.2) is 0 Å². The van der Waals surface area contributed by atoms with Crippen molar-refractivity contribution < 1.29 is 4.74 Å². The van der Waals surface area contributed by atoms with Gasteiger partial charge in [-0.3, -0.25) is 0 Å². The molecular formula is C6H14ClNO. The third kappa shape index (κ3) is 8.21. The number of hydrogen-bond donors (Lipinski definition) is 0. The maximum Gasteiger partial charge on any atom is 0.0602 e. The standard InChI is InChI=1S/C6H14ClNO/c1-8(2)4-6-9-5-3-7/h3-6H2,1-2H3. The van der Waals surface area contributed by atoms with Gasteiger partial charge in [-0.05, 0) is 14.1 Å². The van der Waals surface area contributed by atoms with Crippen molar-refractivity contribution in [2.75, 3.05) is 39.7 Å². The average Bonchev–Trinajstić information content (AvgIpc) is 1.80. The van der Waals surface area contributed by atoms with E-state index in [1.165, 1.54) is 0 Å². The number of hydrogen-bond acceptors (Lipinski definition) is 2. The highest BCUT2D eigenvalue weighted by Crippen LogP contribution is 1.80. The molecule has 0 aromatic carbocycles. The van der Waals surface area contributed by atoms with Crippen LogP contribution in [0.3, 0.4) is 0 Å². The number of ether oxygens (including phenoxy) is 1. The number of rotatable bonds is 5. The maximum atomic E-state index is 5.38. The first-order valence-electron chi connectivity index (χ1n) is 3.06. The van der Waals surface area contributed by atoms with E-state index in [1.54, 1.807) is 0 Å². The molecule has 56 valence electrons. The molecule has 0 aromatic heterocycles. The minimum Gasteiger partial charge on any atom is -0.379 e. The van der Waals surface area contributed by atoms with E-state index < -0.39 is 0 Å². The fraction of sp³-hybridized carbons (Fsp3) is 1.00. The third-order valence-corrected chi connectivity index (χ3v) is 1.06. The van der Waals surface area contributed by atoms with Crippen LogP contribution in [0.5, 0.6) is 0 Å². The molecule has 0 saturated heterocycles. The van der Waals surface area contributed by atoms with Crippen LogP contribution in [0.2, 0.25) is 0 Å². The van der Waals surface area contributed by atoms with Crippen LogP contribution in [-0.2, 0) is 4.74 Å². The lowest BCUT2D eigenvalue weighted by molar-refractivity contribution is 0.130. The van der Waals surface area contributed by atoms with Gasteiger partial charge in [-0.1, -0.05) is 0 Å². The molecule has 0 fully saturated rings. The summed E-state index contributed by atoms with van der Waals surface area (Å²) in [6, 6.07) is 0. The third-order valence-electron chi connectivity index (χ3n) is 0.904. The van der Waals surface area contributed by atoms with E-state index in [-0.39, 0.29) is 0 Å². The van der Waals surface area contributed by atoms with Crippen LogP contribution < -0.4 is 0 Å². The van der Waals surface area contributed by atoms with Gasteiger partial charge >= 0.3 is 0 Å². The smallest absolute Gasteiger partial charge is 0.0602 e. The number of likely N-dealkylation sites (N-methyl/N-ethyl adjacent to an activating group) is 1. The molecule has 0 saturated carbocycles. The monoisotopic (exact) mass is 151 g/mol. The zero-order chi connectivity index (χ0) is 7.11. The van der Waals surface area contributed by atoms with E-state index in [0.29, 0.717) is 12.5 Å². The van der Waals surface area contributed by atoms with E-state index in [4.69, 9.17) is 16.3 Å². The summed E-state index contributed by atoms with van der Waals surface area (Å²) in [6.45, 7) is 2.41. The summed E-state index contributed by atoms with van der Waals surface area (Å²) in [6.07, 6.45) is 0. The Morgan fingerprint density at radius 3 is 2.44 bits per heavy atom. The van der Waals surface area contributed by atoms with Crippen molar-refractivity contribution >= 4 is 11.6 Å². The summed E-state index contributed by atoms with van der Waals surface area (Å²) >= 11 is 5.38. The summed E-state index contributed by atoms with van der Waals surface area (Å²) in [5.74, 6) is 0.591. The Labute approximate surface area is 61.7 Å². The minimum absolute atomic E-state index is 0.591. The molecule has 0 unspecified atom stereocenters. The molecule has 0 radical (unpaired) electrons. The predicted octanol–water partition coefficient (Wildman–Crippen LogP) is 0.803. The molecule has 0 N–H and O–H groups in total. The fourth-order valence-electron chi connectivity index (χ4n) is 0.404. The lowest BCUT2D eigenvalue weighted by Crippen LogP contribution is -2.18. The molecule has 0 aliphatic rings. The normalized spacial score (nSPS) is 10.7. The quantitative estimate of drug-likeness (QED) is 0.426. The Morgan fingerprint density at radius 1 is 1.33 bits per heavy atom. The Balaban J connectivity index is 2.75. The highest BCUT2D eigenvalue weighted by Gasteiger charge is 1.88. The van der Waals surface area contributed by atoms with Crippen molar-refractivity contribution in [2.45, 2.75) is 0 Å². The van der Waals surface area contributed by atoms with Crippen LogP contribution in [0.15, 0.2) is 0 Å².